The van der Waals surface area contributed by atoms with E-state index in [1.807, 2.05) is 0 Å². The maximum atomic E-state index is 12.1. The predicted octanol–water partition coefficient (Wildman–Crippen LogP) is -4.63. The van der Waals surface area contributed by atoms with Gasteiger partial charge in [0.05, 0.1) is 13.2 Å². The van der Waals surface area contributed by atoms with Crippen molar-refractivity contribution in [1.82, 2.24) is 0 Å². The molecule has 0 aromatic heterocycles. The van der Waals surface area contributed by atoms with Gasteiger partial charge in [-0.05, 0) is 0 Å². The summed E-state index contributed by atoms with van der Waals surface area (Å²) in [5.41, 5.74) is 0. The lowest BCUT2D eigenvalue weighted by Crippen LogP contribution is -2.59. The van der Waals surface area contributed by atoms with E-state index in [1.54, 1.807) is 0 Å². The van der Waals surface area contributed by atoms with Crippen LogP contribution in [0.25, 0.3) is 0 Å². The molecule has 0 bridgehead atoms. The highest BCUT2D eigenvalue weighted by atomic mass is 31.2. The van der Waals surface area contributed by atoms with E-state index >= 15 is 0 Å². The van der Waals surface area contributed by atoms with Crippen LogP contribution in [0.2, 0.25) is 0 Å². The minimum Gasteiger partial charge on any atom is -0.394 e. The minimum absolute atomic E-state index is 0.776. The molecule has 0 radical (unpaired) electrons. The molecule has 0 aromatic carbocycles. The highest BCUT2D eigenvalue weighted by Crippen LogP contribution is 2.47. The molecule has 2 rings (SSSR count). The number of ether oxygens (including phenoxy) is 3. The third-order valence-electron chi connectivity index (χ3n) is 4.39. The zero-order chi connectivity index (χ0) is 21.2. The Morgan fingerprint density at radius 3 is 1.86 bits per heavy atom. The van der Waals surface area contributed by atoms with Crippen molar-refractivity contribution in [3.63, 3.8) is 0 Å². The number of aliphatic hydroxyl groups is 7. The van der Waals surface area contributed by atoms with Crippen LogP contribution in [0.15, 0.2) is 0 Å². The average Bonchev–Trinajstić information content (AvgIpc) is 2.66. The van der Waals surface area contributed by atoms with Gasteiger partial charge in [-0.25, -0.2) is 4.57 Å². The fourth-order valence-electron chi connectivity index (χ4n) is 2.73. The summed E-state index contributed by atoms with van der Waals surface area (Å²) in [6.07, 6.45) is -16.4. The number of methoxy groups -OCH3 is 1. The molecule has 0 saturated carbocycles. The normalized spacial score (nSPS) is 46.9. The summed E-state index contributed by atoms with van der Waals surface area (Å²) in [6, 6.07) is 0. The largest absolute Gasteiger partial charge is 0.474 e. The monoisotopic (exact) mass is 436 g/mol. The first kappa shape index (κ1) is 24.0. The van der Waals surface area contributed by atoms with Crippen LogP contribution in [-0.4, -0.2) is 122 Å². The van der Waals surface area contributed by atoms with E-state index in [1.165, 1.54) is 0 Å². The first-order valence-corrected chi connectivity index (χ1v) is 9.70. The summed E-state index contributed by atoms with van der Waals surface area (Å²) in [5.74, 6) is 0. The third-order valence-corrected chi connectivity index (χ3v) is 5.34. The Hall–Kier alpha value is -0.290. The van der Waals surface area contributed by atoms with Gasteiger partial charge in [-0.3, -0.25) is 9.05 Å². The molecule has 2 fully saturated rings. The molecule has 1 unspecified atom stereocenters. The van der Waals surface area contributed by atoms with E-state index in [9.17, 15) is 40.1 Å². The first-order chi connectivity index (χ1) is 13.0. The van der Waals surface area contributed by atoms with Gasteiger partial charge in [0, 0.05) is 7.11 Å². The number of rotatable bonds is 7. The molecular formula is C13H25O14P. The molecule has 11 atom stereocenters. The summed E-state index contributed by atoms with van der Waals surface area (Å²) in [4.78, 5) is 9.79. The van der Waals surface area contributed by atoms with E-state index in [0.29, 0.717) is 0 Å². The quantitative estimate of drug-likeness (QED) is 0.176. The first-order valence-electron chi connectivity index (χ1n) is 8.21. The van der Waals surface area contributed by atoms with Gasteiger partial charge in [-0.1, -0.05) is 0 Å². The van der Waals surface area contributed by atoms with Gasteiger partial charge in [0.25, 0.3) is 0 Å². The van der Waals surface area contributed by atoms with Crippen LogP contribution < -0.4 is 0 Å². The lowest BCUT2D eigenvalue weighted by molar-refractivity contribution is -0.295. The fourth-order valence-corrected chi connectivity index (χ4v) is 3.57. The van der Waals surface area contributed by atoms with Crippen molar-refractivity contribution in [2.24, 2.45) is 0 Å². The summed E-state index contributed by atoms with van der Waals surface area (Å²) in [5, 5.41) is 67.5. The minimum atomic E-state index is -4.97. The van der Waals surface area contributed by atoms with Crippen LogP contribution in [-0.2, 0) is 27.8 Å². The van der Waals surface area contributed by atoms with Crippen LogP contribution in [0.4, 0.5) is 0 Å². The predicted molar refractivity (Wildman–Crippen MR) is 84.3 cm³/mol. The van der Waals surface area contributed by atoms with Gasteiger partial charge in [-0.15, -0.1) is 0 Å². The maximum Gasteiger partial charge on any atom is 0.474 e. The van der Waals surface area contributed by atoms with Crippen molar-refractivity contribution < 1.29 is 68.5 Å². The van der Waals surface area contributed by atoms with Crippen molar-refractivity contribution in [1.29, 1.82) is 0 Å². The highest BCUT2D eigenvalue weighted by molar-refractivity contribution is 7.47. The number of aliphatic hydroxyl groups excluding tert-OH is 7. The molecule has 2 heterocycles. The van der Waals surface area contributed by atoms with E-state index in [-0.39, 0.29) is 0 Å². The zero-order valence-corrected chi connectivity index (χ0v) is 15.6. The van der Waals surface area contributed by atoms with Crippen LogP contribution in [0, 0.1) is 0 Å². The summed E-state index contributed by atoms with van der Waals surface area (Å²) in [7, 11) is -3.81. The molecule has 0 aromatic rings. The molecule has 0 aliphatic carbocycles. The van der Waals surface area contributed by atoms with Gasteiger partial charge in [0.1, 0.15) is 48.8 Å². The van der Waals surface area contributed by atoms with E-state index in [2.05, 4.69) is 9.05 Å². The molecule has 15 heteroatoms. The molecule has 2 aliphatic rings. The average molecular weight is 436 g/mol. The topological polar surface area (TPSA) is 225 Å². The molecule has 2 saturated heterocycles. The highest BCUT2D eigenvalue weighted by Gasteiger charge is 2.48. The molecule has 28 heavy (non-hydrogen) atoms. The van der Waals surface area contributed by atoms with Crippen LogP contribution >= 0.6 is 7.82 Å². The van der Waals surface area contributed by atoms with Crippen LogP contribution in [0.1, 0.15) is 0 Å². The Bertz CT molecular complexity index is 545. The molecule has 0 spiro atoms. The van der Waals surface area contributed by atoms with Gasteiger partial charge >= 0.3 is 7.82 Å². The summed E-state index contributed by atoms with van der Waals surface area (Å²) < 4.78 is 36.2. The SMILES string of the molecule is CO[C@H]1O[C@H](COP(=O)(O)O[C@H]2O[C@H](CO)[C@@H](O)[C@H](O)[C@@H]2O)[C@@H](O)[C@H](O)[C@@H]1O. The van der Waals surface area contributed by atoms with E-state index < -0.39 is 82.4 Å². The van der Waals surface area contributed by atoms with E-state index in [0.717, 1.165) is 7.11 Å². The molecule has 2 aliphatic heterocycles. The molecule has 166 valence electrons. The van der Waals surface area contributed by atoms with Gasteiger partial charge in [-0.2, -0.15) is 0 Å². The van der Waals surface area contributed by atoms with E-state index in [4.69, 9.17) is 19.3 Å². The van der Waals surface area contributed by atoms with Crippen molar-refractivity contribution in [2.75, 3.05) is 20.3 Å². The lowest BCUT2D eigenvalue weighted by atomic mass is 9.99. The van der Waals surface area contributed by atoms with Gasteiger partial charge in [0.2, 0.25) is 0 Å². The van der Waals surface area contributed by atoms with Gasteiger partial charge in [0.15, 0.2) is 12.6 Å². The Labute approximate surface area is 159 Å². The second-order valence-corrected chi connectivity index (χ2v) is 7.72. The Kier molecular flexibility index (Phi) is 8.29. The molecular weight excluding hydrogens is 411 g/mol. The molecule has 14 nitrogen and oxygen atoms in total. The zero-order valence-electron chi connectivity index (χ0n) is 14.7. The van der Waals surface area contributed by atoms with Crippen LogP contribution in [0.5, 0.6) is 0 Å². The fraction of sp³-hybridized carbons (Fsp3) is 1.00. The van der Waals surface area contributed by atoms with Crippen LogP contribution in [0.3, 0.4) is 0 Å². The molecule has 0 amide bonds. The second kappa shape index (κ2) is 9.68. The number of hydrogen-bond acceptors (Lipinski definition) is 13. The van der Waals surface area contributed by atoms with Crippen molar-refractivity contribution in [3.8, 4) is 0 Å². The maximum absolute atomic E-state index is 12.1. The standard InChI is InChI=1S/C13H25O14P/c1-23-12-10(19)9(18)7(16)5(26-12)3-24-28(21,22)27-13-11(20)8(17)6(15)4(2-14)25-13/h4-20H,2-3H2,1H3,(H,21,22)/t4-,5-,6-,7-,8+,9+,10+,11+,12+,13-/m1/s1. The van der Waals surface area contributed by atoms with Crippen molar-refractivity contribution in [3.05, 3.63) is 0 Å². The third kappa shape index (κ3) is 5.24. The summed E-state index contributed by atoms with van der Waals surface area (Å²) >= 11 is 0. The molecule has 8 N–H and O–H groups in total. The lowest BCUT2D eigenvalue weighted by Gasteiger charge is -2.40. The van der Waals surface area contributed by atoms with Crippen molar-refractivity contribution in [2.45, 2.75) is 61.4 Å². The van der Waals surface area contributed by atoms with Crippen molar-refractivity contribution >= 4 is 7.82 Å². The smallest absolute Gasteiger partial charge is 0.394 e. The summed E-state index contributed by atoms with van der Waals surface area (Å²) in [6.45, 7) is -1.57. The van der Waals surface area contributed by atoms with Gasteiger partial charge < -0.3 is 54.8 Å². The second-order valence-electron chi connectivity index (χ2n) is 6.32. The Morgan fingerprint density at radius 2 is 1.32 bits per heavy atom. The number of phosphoric acid groups is 1. The number of phosphoric ester groups is 1. The number of hydrogen-bond donors (Lipinski definition) is 8. The Morgan fingerprint density at radius 1 is 0.821 bits per heavy atom. The Balaban J connectivity index is 1.97.